The van der Waals surface area contributed by atoms with Crippen LogP contribution in [-0.2, 0) is 0 Å². The predicted molar refractivity (Wildman–Crippen MR) is 51.1 cm³/mol. The second kappa shape index (κ2) is 2.94. The van der Waals surface area contributed by atoms with Crippen LogP contribution in [0.3, 0.4) is 0 Å². The number of anilines is 1. The van der Waals surface area contributed by atoms with Crippen LogP contribution in [0.4, 0.5) is 5.82 Å². The molecule has 66 valence electrons. The van der Waals surface area contributed by atoms with Crippen molar-refractivity contribution in [3.8, 4) is 11.3 Å². The van der Waals surface area contributed by atoms with E-state index in [2.05, 4.69) is 4.98 Å². The minimum Gasteiger partial charge on any atom is -0.461 e. The molecule has 0 amide bonds. The zero-order valence-electron chi connectivity index (χ0n) is 7.32. The highest BCUT2D eigenvalue weighted by molar-refractivity contribution is 5.60. The Kier molecular flexibility index (Phi) is 1.77. The van der Waals surface area contributed by atoms with E-state index in [0.29, 0.717) is 5.82 Å². The van der Waals surface area contributed by atoms with Crippen LogP contribution in [0.5, 0.6) is 0 Å². The molecule has 0 fully saturated rings. The van der Waals surface area contributed by atoms with Crippen LogP contribution in [0.25, 0.3) is 11.3 Å². The molecule has 0 aliphatic rings. The van der Waals surface area contributed by atoms with Crippen LogP contribution >= 0.6 is 0 Å². The third kappa shape index (κ3) is 1.54. The van der Waals surface area contributed by atoms with Crippen molar-refractivity contribution >= 4 is 5.82 Å². The highest BCUT2D eigenvalue weighted by Crippen LogP contribution is 2.22. The fourth-order valence-corrected chi connectivity index (χ4v) is 1.19. The zero-order valence-corrected chi connectivity index (χ0v) is 7.32. The molecule has 0 atom stereocenters. The predicted octanol–water partition coefficient (Wildman–Crippen LogP) is 2.23. The molecule has 2 aromatic heterocycles. The van der Waals surface area contributed by atoms with Crippen molar-refractivity contribution in [1.29, 1.82) is 0 Å². The number of aromatic nitrogens is 1. The first-order valence-electron chi connectivity index (χ1n) is 4.04. The molecular formula is C10H10N2O. The van der Waals surface area contributed by atoms with Gasteiger partial charge in [-0.1, -0.05) is 0 Å². The number of nitrogen functional groups attached to an aromatic ring is 1. The Morgan fingerprint density at radius 1 is 1.31 bits per heavy atom. The summed E-state index contributed by atoms with van der Waals surface area (Å²) in [6, 6.07) is 7.50. The zero-order chi connectivity index (χ0) is 9.26. The summed E-state index contributed by atoms with van der Waals surface area (Å²) in [6.45, 7) is 1.91. The van der Waals surface area contributed by atoms with Crippen LogP contribution in [0.2, 0.25) is 0 Å². The summed E-state index contributed by atoms with van der Waals surface area (Å²) in [5.41, 5.74) is 6.51. The molecular weight excluding hydrogens is 164 g/mol. The lowest BCUT2D eigenvalue weighted by atomic mass is 10.2. The van der Waals surface area contributed by atoms with E-state index in [0.717, 1.165) is 17.1 Å². The number of hydrogen-bond donors (Lipinski definition) is 1. The van der Waals surface area contributed by atoms with Gasteiger partial charge in [-0.15, -0.1) is 0 Å². The minimum atomic E-state index is 0.506. The van der Waals surface area contributed by atoms with E-state index >= 15 is 0 Å². The Balaban J connectivity index is 2.46. The summed E-state index contributed by atoms with van der Waals surface area (Å²) in [7, 11) is 0. The quantitative estimate of drug-likeness (QED) is 0.721. The first-order valence-corrected chi connectivity index (χ1v) is 4.04. The van der Waals surface area contributed by atoms with Gasteiger partial charge in [-0.05, 0) is 31.2 Å². The summed E-state index contributed by atoms with van der Waals surface area (Å²) in [6.07, 6.45) is 1.67. The van der Waals surface area contributed by atoms with E-state index in [-0.39, 0.29) is 0 Å². The Labute approximate surface area is 76.2 Å². The van der Waals surface area contributed by atoms with Gasteiger partial charge in [-0.3, -0.25) is 0 Å². The molecule has 13 heavy (non-hydrogen) atoms. The Bertz CT molecular complexity index is 420. The van der Waals surface area contributed by atoms with Crippen molar-refractivity contribution in [2.75, 3.05) is 5.73 Å². The van der Waals surface area contributed by atoms with E-state index < -0.39 is 0 Å². The SMILES string of the molecule is Cc1ccc(-c2ccnc(N)c2)o1. The molecule has 0 bridgehead atoms. The first kappa shape index (κ1) is 7.86. The largest absolute Gasteiger partial charge is 0.461 e. The van der Waals surface area contributed by atoms with E-state index in [1.165, 1.54) is 0 Å². The lowest BCUT2D eigenvalue weighted by Gasteiger charge is -1.96. The van der Waals surface area contributed by atoms with Crippen LogP contribution in [0, 0.1) is 6.92 Å². The number of furan rings is 1. The molecule has 3 heteroatoms. The molecule has 3 nitrogen and oxygen atoms in total. The van der Waals surface area contributed by atoms with Crippen LogP contribution < -0.4 is 5.73 Å². The molecule has 0 aliphatic heterocycles. The molecule has 2 heterocycles. The van der Waals surface area contributed by atoms with Gasteiger partial charge in [0.05, 0.1) is 0 Å². The summed E-state index contributed by atoms with van der Waals surface area (Å²) >= 11 is 0. The monoisotopic (exact) mass is 174 g/mol. The lowest BCUT2D eigenvalue weighted by molar-refractivity contribution is 0.548. The maximum Gasteiger partial charge on any atom is 0.134 e. The van der Waals surface area contributed by atoms with Gasteiger partial charge in [0.15, 0.2) is 0 Å². The maximum absolute atomic E-state index is 5.55. The molecule has 0 saturated heterocycles. The third-order valence-electron chi connectivity index (χ3n) is 1.81. The molecule has 0 unspecified atom stereocenters. The molecule has 2 aromatic rings. The molecule has 0 aromatic carbocycles. The summed E-state index contributed by atoms with van der Waals surface area (Å²) in [5.74, 6) is 2.23. The van der Waals surface area contributed by atoms with Gasteiger partial charge in [0.25, 0.3) is 0 Å². The average molecular weight is 174 g/mol. The van der Waals surface area contributed by atoms with Gasteiger partial charge in [0, 0.05) is 11.8 Å². The van der Waals surface area contributed by atoms with Crippen LogP contribution in [0.1, 0.15) is 5.76 Å². The molecule has 2 rings (SSSR count). The lowest BCUT2D eigenvalue weighted by Crippen LogP contribution is -1.88. The Morgan fingerprint density at radius 2 is 2.15 bits per heavy atom. The van der Waals surface area contributed by atoms with E-state index in [1.807, 2.05) is 25.1 Å². The average Bonchev–Trinajstić information content (AvgIpc) is 2.52. The van der Waals surface area contributed by atoms with Crippen LogP contribution in [0.15, 0.2) is 34.9 Å². The smallest absolute Gasteiger partial charge is 0.134 e. The second-order valence-corrected chi connectivity index (χ2v) is 2.88. The number of nitrogens with zero attached hydrogens (tertiary/aromatic N) is 1. The highest BCUT2D eigenvalue weighted by atomic mass is 16.3. The maximum atomic E-state index is 5.55. The fraction of sp³-hybridized carbons (Fsp3) is 0.100. The van der Waals surface area contributed by atoms with Crippen molar-refractivity contribution in [2.45, 2.75) is 6.92 Å². The molecule has 2 N–H and O–H groups in total. The van der Waals surface area contributed by atoms with E-state index in [9.17, 15) is 0 Å². The molecule has 0 aliphatic carbocycles. The number of pyridine rings is 1. The van der Waals surface area contributed by atoms with Crippen molar-refractivity contribution in [3.05, 3.63) is 36.2 Å². The Hall–Kier alpha value is -1.77. The number of hydrogen-bond acceptors (Lipinski definition) is 3. The normalized spacial score (nSPS) is 10.2. The van der Waals surface area contributed by atoms with Gasteiger partial charge in [0.2, 0.25) is 0 Å². The van der Waals surface area contributed by atoms with Crippen molar-refractivity contribution < 1.29 is 4.42 Å². The highest BCUT2D eigenvalue weighted by Gasteiger charge is 2.01. The summed E-state index contributed by atoms with van der Waals surface area (Å²) < 4.78 is 5.44. The summed E-state index contributed by atoms with van der Waals surface area (Å²) in [4.78, 5) is 3.91. The van der Waals surface area contributed by atoms with Crippen molar-refractivity contribution in [2.24, 2.45) is 0 Å². The van der Waals surface area contributed by atoms with E-state index in [4.69, 9.17) is 10.2 Å². The molecule has 0 spiro atoms. The second-order valence-electron chi connectivity index (χ2n) is 2.88. The number of rotatable bonds is 1. The topological polar surface area (TPSA) is 52.0 Å². The number of nitrogens with two attached hydrogens (primary N) is 1. The van der Waals surface area contributed by atoms with Crippen LogP contribution in [-0.4, -0.2) is 4.98 Å². The Morgan fingerprint density at radius 3 is 2.77 bits per heavy atom. The van der Waals surface area contributed by atoms with Gasteiger partial charge in [0.1, 0.15) is 17.3 Å². The summed E-state index contributed by atoms with van der Waals surface area (Å²) in [5, 5.41) is 0. The standard InChI is InChI=1S/C10H10N2O/c1-7-2-3-9(13-7)8-4-5-12-10(11)6-8/h2-6H,1H3,(H2,11,12). The molecule has 0 radical (unpaired) electrons. The third-order valence-corrected chi connectivity index (χ3v) is 1.81. The van der Waals surface area contributed by atoms with Gasteiger partial charge in [-0.25, -0.2) is 4.98 Å². The molecule has 0 saturated carbocycles. The first-order chi connectivity index (χ1) is 6.25. The number of aryl methyl sites for hydroxylation is 1. The fourth-order valence-electron chi connectivity index (χ4n) is 1.19. The minimum absolute atomic E-state index is 0.506. The van der Waals surface area contributed by atoms with Crippen molar-refractivity contribution in [1.82, 2.24) is 4.98 Å². The van der Waals surface area contributed by atoms with Crippen molar-refractivity contribution in [3.63, 3.8) is 0 Å². The van der Waals surface area contributed by atoms with Gasteiger partial charge in [-0.2, -0.15) is 0 Å². The van der Waals surface area contributed by atoms with Gasteiger partial charge < -0.3 is 10.2 Å². The van der Waals surface area contributed by atoms with E-state index in [1.54, 1.807) is 12.3 Å². The van der Waals surface area contributed by atoms with Gasteiger partial charge >= 0.3 is 0 Å².